The maximum absolute atomic E-state index is 13.0. The Morgan fingerprint density at radius 2 is 1.70 bits per heavy atom. The molecule has 2 N–H and O–H groups in total. The number of carbonyl (C=O) groups is 2. The molecule has 1 unspecified atom stereocenters. The lowest BCUT2D eigenvalue weighted by Crippen LogP contribution is -2.53. The summed E-state index contributed by atoms with van der Waals surface area (Å²) in [5.41, 5.74) is -2.84. The minimum absolute atomic E-state index is 0.186. The molecule has 114 valence electrons. The molecule has 2 amide bonds. The Kier molecular flexibility index (Phi) is 3.81. The Morgan fingerprint density at radius 1 is 1.10 bits per heavy atom. The Labute approximate surface area is 113 Å². The minimum Gasteiger partial charge on any atom is -0.481 e. The molecule has 2 saturated heterocycles. The largest absolute Gasteiger partial charge is 0.481 e. The third kappa shape index (κ3) is 2.41. The quantitative estimate of drug-likeness (QED) is 0.732. The van der Waals surface area contributed by atoms with Gasteiger partial charge in [-0.25, -0.2) is 4.79 Å². The Morgan fingerprint density at radius 3 is 2.15 bits per heavy atom. The molecule has 0 aromatic carbocycles. The van der Waals surface area contributed by atoms with Crippen molar-refractivity contribution in [1.29, 1.82) is 0 Å². The lowest BCUT2D eigenvalue weighted by atomic mass is 9.86. The molecule has 2 aliphatic rings. The number of nitrogens with zero attached hydrogens (tertiary/aromatic N) is 2. The van der Waals surface area contributed by atoms with Crippen LogP contribution in [0, 0.1) is 5.41 Å². The van der Waals surface area contributed by atoms with Crippen LogP contribution in [0.25, 0.3) is 0 Å². The number of carboxylic acids is 1. The van der Waals surface area contributed by atoms with Crippen molar-refractivity contribution in [2.24, 2.45) is 5.41 Å². The van der Waals surface area contributed by atoms with Gasteiger partial charge in [0.25, 0.3) is 0 Å². The number of hydrogen-bond donors (Lipinski definition) is 2. The van der Waals surface area contributed by atoms with Crippen LogP contribution in [-0.2, 0) is 4.79 Å². The first-order valence-electron chi connectivity index (χ1n) is 6.33. The maximum atomic E-state index is 13.0. The highest BCUT2D eigenvalue weighted by Crippen LogP contribution is 2.45. The molecule has 2 aliphatic heterocycles. The highest BCUT2D eigenvalue weighted by Gasteiger charge is 2.64. The van der Waals surface area contributed by atoms with E-state index in [4.69, 9.17) is 5.11 Å². The third-order valence-corrected chi connectivity index (χ3v) is 3.88. The number of carbonyl (C=O) groups excluding carboxylic acids is 1. The predicted molar refractivity (Wildman–Crippen MR) is 62.2 cm³/mol. The van der Waals surface area contributed by atoms with Gasteiger partial charge in [0.2, 0.25) is 0 Å². The number of likely N-dealkylation sites (tertiary alicyclic amines) is 1. The van der Waals surface area contributed by atoms with Crippen LogP contribution in [0.1, 0.15) is 6.42 Å². The molecule has 2 rings (SSSR count). The van der Waals surface area contributed by atoms with Crippen molar-refractivity contribution >= 4 is 12.0 Å². The van der Waals surface area contributed by atoms with Crippen molar-refractivity contribution in [1.82, 2.24) is 15.1 Å². The molecule has 0 radical (unpaired) electrons. The molecular formula is C11H16F3N3O3. The summed E-state index contributed by atoms with van der Waals surface area (Å²) in [6.45, 7) is 1.01. The molecule has 1 atom stereocenters. The summed E-state index contributed by atoms with van der Waals surface area (Å²) in [6.07, 6.45) is -5.46. The van der Waals surface area contributed by atoms with Crippen LogP contribution >= 0.6 is 0 Å². The molecule has 2 fully saturated rings. The van der Waals surface area contributed by atoms with Gasteiger partial charge in [-0.15, -0.1) is 0 Å². The van der Waals surface area contributed by atoms with Gasteiger partial charge in [-0.3, -0.25) is 4.79 Å². The van der Waals surface area contributed by atoms with Crippen molar-refractivity contribution in [3.05, 3.63) is 0 Å². The number of nitrogens with one attached hydrogen (secondary N) is 1. The summed E-state index contributed by atoms with van der Waals surface area (Å²) in [7, 11) is 0. The van der Waals surface area contributed by atoms with Gasteiger partial charge < -0.3 is 20.2 Å². The second kappa shape index (κ2) is 5.12. The molecule has 0 aromatic heterocycles. The summed E-state index contributed by atoms with van der Waals surface area (Å²) >= 11 is 0. The lowest BCUT2D eigenvalue weighted by Gasteiger charge is -2.32. The fourth-order valence-corrected chi connectivity index (χ4v) is 2.56. The van der Waals surface area contributed by atoms with E-state index in [-0.39, 0.29) is 6.54 Å². The first-order chi connectivity index (χ1) is 9.28. The maximum Gasteiger partial charge on any atom is 0.406 e. The normalized spacial score (nSPS) is 27.8. The molecule has 6 nitrogen and oxygen atoms in total. The standard InChI is InChI=1S/C11H16F3N3O3/c12-11(13,14)10(8(18)19)1-4-17(7-10)9(20)16-5-2-15-3-6-16/h15H,1-7H2,(H,18,19). The van der Waals surface area contributed by atoms with Gasteiger partial charge in [-0.05, 0) is 6.42 Å². The minimum atomic E-state index is -4.86. The van der Waals surface area contributed by atoms with Crippen LogP contribution < -0.4 is 5.32 Å². The van der Waals surface area contributed by atoms with E-state index in [2.05, 4.69) is 5.32 Å². The van der Waals surface area contributed by atoms with E-state index in [1.807, 2.05) is 0 Å². The first-order valence-corrected chi connectivity index (χ1v) is 6.33. The molecule has 0 saturated carbocycles. The van der Waals surface area contributed by atoms with Gasteiger partial charge >= 0.3 is 18.2 Å². The van der Waals surface area contributed by atoms with Crippen LogP contribution in [0.15, 0.2) is 0 Å². The fourth-order valence-electron chi connectivity index (χ4n) is 2.56. The van der Waals surface area contributed by atoms with Crippen molar-refractivity contribution in [2.45, 2.75) is 12.6 Å². The molecule has 0 aliphatic carbocycles. The lowest BCUT2D eigenvalue weighted by molar-refractivity contribution is -0.227. The van der Waals surface area contributed by atoms with Crippen molar-refractivity contribution < 1.29 is 27.9 Å². The van der Waals surface area contributed by atoms with Crippen molar-refractivity contribution in [3.63, 3.8) is 0 Å². The number of halogens is 3. The highest BCUT2D eigenvalue weighted by atomic mass is 19.4. The zero-order chi connectivity index (χ0) is 15.0. The molecule has 0 bridgehead atoms. The van der Waals surface area contributed by atoms with Crippen LogP contribution in [0.2, 0.25) is 0 Å². The Hall–Kier alpha value is -1.51. The number of alkyl halides is 3. The van der Waals surface area contributed by atoms with E-state index in [1.165, 1.54) is 4.90 Å². The van der Waals surface area contributed by atoms with Gasteiger partial charge in [-0.2, -0.15) is 13.2 Å². The van der Waals surface area contributed by atoms with Gasteiger partial charge in [0.15, 0.2) is 5.41 Å². The summed E-state index contributed by atoms with van der Waals surface area (Å²) in [4.78, 5) is 25.6. The summed E-state index contributed by atoms with van der Waals surface area (Å²) < 4.78 is 39.0. The van der Waals surface area contributed by atoms with E-state index < -0.39 is 36.6 Å². The number of hydrogen-bond acceptors (Lipinski definition) is 3. The zero-order valence-corrected chi connectivity index (χ0v) is 10.7. The van der Waals surface area contributed by atoms with Gasteiger partial charge in [0.05, 0.1) is 0 Å². The van der Waals surface area contributed by atoms with Gasteiger partial charge in [-0.1, -0.05) is 0 Å². The summed E-state index contributed by atoms with van der Waals surface area (Å²) in [6, 6.07) is -0.515. The fraction of sp³-hybridized carbons (Fsp3) is 0.818. The van der Waals surface area contributed by atoms with Crippen LogP contribution in [-0.4, -0.2) is 72.4 Å². The van der Waals surface area contributed by atoms with Crippen LogP contribution in [0.5, 0.6) is 0 Å². The average Bonchev–Trinajstić information content (AvgIpc) is 2.85. The summed E-state index contributed by atoms with van der Waals surface area (Å²) in [5, 5.41) is 12.0. The van der Waals surface area contributed by atoms with Crippen LogP contribution in [0.4, 0.5) is 18.0 Å². The second-order valence-corrected chi connectivity index (χ2v) is 5.08. The molecule has 2 heterocycles. The average molecular weight is 295 g/mol. The Balaban J connectivity index is 2.10. The van der Waals surface area contributed by atoms with Crippen molar-refractivity contribution in [2.75, 3.05) is 39.3 Å². The molecule has 0 aromatic rings. The topological polar surface area (TPSA) is 72.9 Å². The number of piperazine rings is 1. The van der Waals surface area contributed by atoms with E-state index in [0.29, 0.717) is 26.2 Å². The molecular weight excluding hydrogens is 279 g/mol. The Bertz CT molecular complexity index is 409. The smallest absolute Gasteiger partial charge is 0.406 e. The number of aliphatic carboxylic acids is 1. The molecule has 9 heteroatoms. The number of urea groups is 1. The molecule has 20 heavy (non-hydrogen) atoms. The van der Waals surface area contributed by atoms with E-state index in [0.717, 1.165) is 4.90 Å². The van der Waals surface area contributed by atoms with E-state index in [9.17, 15) is 22.8 Å². The SMILES string of the molecule is O=C(N1CCNCC1)N1CCC(C(=O)O)(C(F)(F)F)C1. The second-order valence-electron chi connectivity index (χ2n) is 5.08. The number of rotatable bonds is 1. The van der Waals surface area contributed by atoms with Gasteiger partial charge in [0, 0.05) is 39.3 Å². The van der Waals surface area contributed by atoms with E-state index >= 15 is 0 Å². The summed E-state index contributed by atoms with van der Waals surface area (Å²) in [5.74, 6) is -1.92. The number of carboxylic acid groups (broad SMARTS) is 1. The molecule has 0 spiro atoms. The number of amides is 2. The van der Waals surface area contributed by atoms with Gasteiger partial charge in [0.1, 0.15) is 0 Å². The van der Waals surface area contributed by atoms with E-state index in [1.54, 1.807) is 0 Å². The highest BCUT2D eigenvalue weighted by molar-refractivity contribution is 5.80. The monoisotopic (exact) mass is 295 g/mol. The van der Waals surface area contributed by atoms with Crippen LogP contribution in [0.3, 0.4) is 0 Å². The zero-order valence-electron chi connectivity index (χ0n) is 10.7. The third-order valence-electron chi connectivity index (χ3n) is 3.88. The first kappa shape index (κ1) is 14.9. The van der Waals surface area contributed by atoms with Crippen molar-refractivity contribution in [3.8, 4) is 0 Å². The predicted octanol–water partition coefficient (Wildman–Crippen LogP) is 0.351.